The van der Waals surface area contributed by atoms with Gasteiger partial charge in [-0.25, -0.2) is 8.42 Å². The molecule has 0 N–H and O–H groups in total. The van der Waals surface area contributed by atoms with Crippen molar-refractivity contribution in [2.24, 2.45) is 0 Å². The third-order valence-electron chi connectivity index (χ3n) is 1.45. The largest absolute Gasteiger partial charge is 0.292 e. The molecule has 0 aliphatic rings. The van der Waals surface area contributed by atoms with Gasteiger partial charge in [0.1, 0.15) is 11.5 Å². The average molecular weight is 228 g/mol. The van der Waals surface area contributed by atoms with Gasteiger partial charge in [-0.05, 0) is 11.4 Å². The van der Waals surface area contributed by atoms with Crippen molar-refractivity contribution >= 4 is 27.0 Å². The maximum absolute atomic E-state index is 11.4. The lowest BCUT2D eigenvalue weighted by molar-refractivity contribution is 0.102. The molecule has 0 saturated carbocycles. The van der Waals surface area contributed by atoms with Crippen molar-refractivity contribution in [3.8, 4) is 12.3 Å². The highest BCUT2D eigenvalue weighted by molar-refractivity contribution is 7.92. The SMILES string of the molecule is C#CCS(=O)(=O)CC(=O)c1cccs1. The van der Waals surface area contributed by atoms with E-state index >= 15 is 0 Å². The molecule has 14 heavy (non-hydrogen) atoms. The molecule has 0 aliphatic carbocycles. The van der Waals surface area contributed by atoms with Gasteiger partial charge in [0.25, 0.3) is 0 Å². The van der Waals surface area contributed by atoms with Gasteiger partial charge in [-0.15, -0.1) is 17.8 Å². The summed E-state index contributed by atoms with van der Waals surface area (Å²) >= 11 is 1.22. The molecule has 1 aromatic rings. The summed E-state index contributed by atoms with van der Waals surface area (Å²) in [5, 5.41) is 1.72. The average Bonchev–Trinajstić information content (AvgIpc) is 2.53. The number of ketones is 1. The van der Waals surface area contributed by atoms with Gasteiger partial charge in [-0.3, -0.25) is 4.79 Å². The van der Waals surface area contributed by atoms with Crippen molar-refractivity contribution in [3.05, 3.63) is 22.4 Å². The predicted molar refractivity (Wildman–Crippen MR) is 56.1 cm³/mol. The van der Waals surface area contributed by atoms with Crippen LogP contribution in [0.3, 0.4) is 0 Å². The normalized spacial score (nSPS) is 10.8. The van der Waals surface area contributed by atoms with Crippen molar-refractivity contribution in [2.45, 2.75) is 0 Å². The number of thiophene rings is 1. The summed E-state index contributed by atoms with van der Waals surface area (Å²) in [7, 11) is -3.44. The van der Waals surface area contributed by atoms with Crippen LogP contribution in [0.4, 0.5) is 0 Å². The summed E-state index contributed by atoms with van der Waals surface area (Å²) < 4.78 is 22.4. The number of hydrogen-bond donors (Lipinski definition) is 0. The minimum absolute atomic E-state index is 0.385. The van der Waals surface area contributed by atoms with Gasteiger partial charge in [0.2, 0.25) is 0 Å². The van der Waals surface area contributed by atoms with Crippen LogP contribution in [0.1, 0.15) is 9.67 Å². The molecule has 0 atom stereocenters. The maximum atomic E-state index is 11.4. The molecule has 5 heteroatoms. The minimum Gasteiger partial charge on any atom is -0.292 e. The highest BCUT2D eigenvalue weighted by Gasteiger charge is 2.17. The molecule has 0 bridgehead atoms. The quantitative estimate of drug-likeness (QED) is 0.570. The number of carbonyl (C=O) groups is 1. The topological polar surface area (TPSA) is 51.2 Å². The lowest BCUT2D eigenvalue weighted by Gasteiger charge is -1.97. The molecule has 0 radical (unpaired) electrons. The lowest BCUT2D eigenvalue weighted by atomic mass is 10.4. The van der Waals surface area contributed by atoms with E-state index in [4.69, 9.17) is 6.42 Å². The fourth-order valence-electron chi connectivity index (χ4n) is 0.886. The molecular formula is C9H8O3S2. The van der Waals surface area contributed by atoms with Crippen LogP contribution < -0.4 is 0 Å². The fourth-order valence-corrected chi connectivity index (χ4v) is 2.55. The van der Waals surface area contributed by atoms with E-state index in [0.29, 0.717) is 4.88 Å². The molecule has 1 aromatic heterocycles. The van der Waals surface area contributed by atoms with Crippen molar-refractivity contribution in [3.63, 3.8) is 0 Å². The zero-order valence-corrected chi connectivity index (χ0v) is 8.90. The first-order chi connectivity index (χ1) is 6.55. The summed E-state index contributed by atoms with van der Waals surface area (Å²) in [5.74, 6) is 0.741. The van der Waals surface area contributed by atoms with E-state index in [2.05, 4.69) is 0 Å². The standard InChI is InChI=1S/C9H8O3S2/c1-2-6-14(11,12)7-8(10)9-4-3-5-13-9/h1,3-5H,6-7H2. The van der Waals surface area contributed by atoms with Gasteiger partial charge in [-0.1, -0.05) is 12.0 Å². The molecule has 1 heterocycles. The Labute approximate surface area is 86.7 Å². The Morgan fingerprint density at radius 2 is 2.29 bits per heavy atom. The monoisotopic (exact) mass is 228 g/mol. The predicted octanol–water partition coefficient (Wildman–Crippen LogP) is 0.979. The maximum Gasteiger partial charge on any atom is 0.187 e. The zero-order chi connectivity index (χ0) is 10.6. The van der Waals surface area contributed by atoms with Crippen LogP contribution in [0, 0.1) is 12.3 Å². The molecular weight excluding hydrogens is 220 g/mol. The van der Waals surface area contributed by atoms with Crippen molar-refractivity contribution < 1.29 is 13.2 Å². The van der Waals surface area contributed by atoms with Gasteiger partial charge in [0.15, 0.2) is 15.6 Å². The van der Waals surface area contributed by atoms with Gasteiger partial charge in [0, 0.05) is 0 Å². The van der Waals surface area contributed by atoms with Crippen LogP contribution in [0.15, 0.2) is 17.5 Å². The molecule has 0 amide bonds. The fraction of sp³-hybridized carbons (Fsp3) is 0.222. The molecule has 1 rings (SSSR count). The summed E-state index contributed by atoms with van der Waals surface area (Å²) in [5.41, 5.74) is 0. The number of hydrogen-bond acceptors (Lipinski definition) is 4. The van der Waals surface area contributed by atoms with Crippen LogP contribution in [-0.4, -0.2) is 25.7 Å². The van der Waals surface area contributed by atoms with Gasteiger partial charge < -0.3 is 0 Å². The van der Waals surface area contributed by atoms with Crippen LogP contribution in [0.25, 0.3) is 0 Å². The molecule has 74 valence electrons. The minimum atomic E-state index is -3.44. The van der Waals surface area contributed by atoms with E-state index < -0.39 is 21.4 Å². The Balaban J connectivity index is 2.73. The third-order valence-corrected chi connectivity index (χ3v) is 3.67. The Morgan fingerprint density at radius 3 is 2.79 bits per heavy atom. The van der Waals surface area contributed by atoms with Crippen LogP contribution in [0.2, 0.25) is 0 Å². The van der Waals surface area contributed by atoms with Crippen molar-refractivity contribution in [1.82, 2.24) is 0 Å². The van der Waals surface area contributed by atoms with Crippen LogP contribution in [-0.2, 0) is 9.84 Å². The second-order valence-corrected chi connectivity index (χ2v) is 5.65. The van der Waals surface area contributed by atoms with E-state index in [0.717, 1.165) is 0 Å². The second-order valence-electron chi connectivity index (χ2n) is 2.64. The molecule has 3 nitrogen and oxygen atoms in total. The van der Waals surface area contributed by atoms with Crippen LogP contribution >= 0.6 is 11.3 Å². The summed E-state index contributed by atoms with van der Waals surface area (Å²) in [4.78, 5) is 11.8. The first-order valence-corrected chi connectivity index (χ1v) is 6.46. The molecule has 0 fully saturated rings. The smallest absolute Gasteiger partial charge is 0.187 e. The molecule has 0 aliphatic heterocycles. The van der Waals surface area contributed by atoms with Gasteiger partial charge >= 0.3 is 0 Å². The lowest BCUT2D eigenvalue weighted by Crippen LogP contribution is -2.17. The number of sulfone groups is 1. The van der Waals surface area contributed by atoms with Crippen LogP contribution in [0.5, 0.6) is 0 Å². The van der Waals surface area contributed by atoms with E-state index in [1.807, 2.05) is 5.92 Å². The molecule has 0 saturated heterocycles. The van der Waals surface area contributed by atoms with E-state index in [1.54, 1.807) is 17.5 Å². The van der Waals surface area contributed by atoms with E-state index in [9.17, 15) is 13.2 Å². The number of terminal acetylenes is 1. The first kappa shape index (κ1) is 11.0. The van der Waals surface area contributed by atoms with Crippen molar-refractivity contribution in [1.29, 1.82) is 0 Å². The van der Waals surface area contributed by atoms with E-state index in [-0.39, 0.29) is 5.75 Å². The Morgan fingerprint density at radius 1 is 1.57 bits per heavy atom. The summed E-state index contributed by atoms with van der Waals surface area (Å²) in [6, 6.07) is 3.30. The third kappa shape index (κ3) is 2.98. The Bertz CT molecular complexity index is 449. The summed E-state index contributed by atoms with van der Waals surface area (Å²) in [6.45, 7) is 0. The molecule has 0 unspecified atom stereocenters. The Kier molecular flexibility index (Phi) is 3.44. The summed E-state index contributed by atoms with van der Waals surface area (Å²) in [6.07, 6.45) is 4.87. The second kappa shape index (κ2) is 4.40. The molecule has 0 spiro atoms. The molecule has 0 aromatic carbocycles. The Hall–Kier alpha value is -1.12. The zero-order valence-electron chi connectivity index (χ0n) is 7.26. The highest BCUT2D eigenvalue weighted by Crippen LogP contribution is 2.10. The van der Waals surface area contributed by atoms with Crippen molar-refractivity contribution in [2.75, 3.05) is 11.5 Å². The highest BCUT2D eigenvalue weighted by atomic mass is 32.2. The first-order valence-electron chi connectivity index (χ1n) is 3.76. The van der Waals surface area contributed by atoms with Gasteiger partial charge in [0.05, 0.1) is 4.88 Å². The van der Waals surface area contributed by atoms with Gasteiger partial charge in [-0.2, -0.15) is 0 Å². The van der Waals surface area contributed by atoms with E-state index in [1.165, 1.54) is 11.3 Å². The number of Topliss-reactive ketones (excluding diaryl/α,β-unsaturated/α-hetero) is 1. The number of carbonyl (C=O) groups excluding carboxylic acids is 1. The number of rotatable bonds is 4.